The molecule has 0 saturated carbocycles. The Labute approximate surface area is 130 Å². The van der Waals surface area contributed by atoms with E-state index in [1.807, 2.05) is 0 Å². The summed E-state index contributed by atoms with van der Waals surface area (Å²) in [5, 5.41) is 2.52. The summed E-state index contributed by atoms with van der Waals surface area (Å²) in [6.07, 6.45) is 1.67. The van der Waals surface area contributed by atoms with Crippen molar-refractivity contribution in [1.82, 2.24) is 9.62 Å². The van der Waals surface area contributed by atoms with Crippen LogP contribution >= 0.6 is 0 Å². The van der Waals surface area contributed by atoms with Crippen molar-refractivity contribution in [2.24, 2.45) is 0 Å². The molecule has 1 N–H and O–H groups in total. The molecule has 0 aliphatic carbocycles. The highest BCUT2D eigenvalue weighted by Gasteiger charge is 2.17. The van der Waals surface area contributed by atoms with Crippen LogP contribution in [0.1, 0.15) is 16.8 Å². The lowest BCUT2D eigenvalue weighted by atomic mass is 10.2. The van der Waals surface area contributed by atoms with Gasteiger partial charge in [0, 0.05) is 33.4 Å². The van der Waals surface area contributed by atoms with Crippen molar-refractivity contribution in [3.63, 3.8) is 0 Å². The van der Waals surface area contributed by atoms with Gasteiger partial charge < -0.3 is 10.1 Å². The van der Waals surface area contributed by atoms with Gasteiger partial charge in [-0.05, 0) is 18.6 Å². The van der Waals surface area contributed by atoms with Gasteiger partial charge in [0.15, 0.2) is 0 Å². The van der Waals surface area contributed by atoms with Crippen LogP contribution in [0.2, 0.25) is 0 Å². The number of hydrogen-bond acceptors (Lipinski definition) is 4. The third-order valence-electron chi connectivity index (χ3n) is 2.99. The fourth-order valence-corrected chi connectivity index (χ4v) is 2.75. The van der Waals surface area contributed by atoms with Crippen molar-refractivity contribution in [3.8, 4) is 0 Å². The number of ether oxygens (including phenoxy) is 1. The first-order chi connectivity index (χ1) is 10.4. The lowest BCUT2D eigenvalue weighted by Gasteiger charge is -2.20. The largest absolute Gasteiger partial charge is 0.385 e. The normalized spacial score (nSPS) is 11.6. The highest BCUT2D eigenvalue weighted by molar-refractivity contribution is 7.88. The number of nitrogens with one attached hydrogen (secondary N) is 1. The first kappa shape index (κ1) is 18.5. The fourth-order valence-electron chi connectivity index (χ4n) is 1.86. The van der Waals surface area contributed by atoms with Crippen LogP contribution in [0.25, 0.3) is 0 Å². The Morgan fingerprint density at radius 1 is 1.32 bits per heavy atom. The molecule has 1 aromatic carbocycles. The second kappa shape index (κ2) is 8.82. The van der Waals surface area contributed by atoms with E-state index >= 15 is 0 Å². The van der Waals surface area contributed by atoms with Gasteiger partial charge in [-0.1, -0.05) is 12.1 Å². The Hall–Kier alpha value is -1.51. The molecule has 0 fully saturated rings. The van der Waals surface area contributed by atoms with Crippen LogP contribution in [0.4, 0.5) is 4.39 Å². The van der Waals surface area contributed by atoms with Crippen molar-refractivity contribution >= 4 is 15.9 Å². The molecule has 0 unspecified atom stereocenters. The molecule has 1 rings (SSSR count). The minimum atomic E-state index is -3.36. The van der Waals surface area contributed by atoms with E-state index in [4.69, 9.17) is 4.74 Å². The fraction of sp³-hybridized carbons (Fsp3) is 0.500. The average Bonchev–Trinajstić information content (AvgIpc) is 2.45. The van der Waals surface area contributed by atoms with E-state index in [0.717, 1.165) is 6.26 Å². The molecule has 0 saturated heterocycles. The van der Waals surface area contributed by atoms with Crippen LogP contribution in [-0.4, -0.2) is 58.2 Å². The van der Waals surface area contributed by atoms with E-state index in [2.05, 4.69) is 5.32 Å². The summed E-state index contributed by atoms with van der Waals surface area (Å²) in [6.45, 7) is 0.992. The Bertz CT molecular complexity index is 592. The molecular formula is C14H21FN2O4S. The zero-order valence-electron chi connectivity index (χ0n) is 12.7. The second-order valence-electron chi connectivity index (χ2n) is 4.74. The molecular weight excluding hydrogens is 311 g/mol. The van der Waals surface area contributed by atoms with E-state index in [-0.39, 0.29) is 18.7 Å². The Morgan fingerprint density at radius 2 is 2.00 bits per heavy atom. The van der Waals surface area contributed by atoms with Crippen LogP contribution in [0.5, 0.6) is 0 Å². The minimum Gasteiger partial charge on any atom is -0.385 e. The van der Waals surface area contributed by atoms with Gasteiger partial charge in [0.05, 0.1) is 11.8 Å². The Morgan fingerprint density at radius 3 is 2.59 bits per heavy atom. The third-order valence-corrected chi connectivity index (χ3v) is 4.29. The van der Waals surface area contributed by atoms with Gasteiger partial charge in [0.2, 0.25) is 10.0 Å². The van der Waals surface area contributed by atoms with Crippen LogP contribution in [0, 0.1) is 5.82 Å². The number of methoxy groups -OCH3 is 1. The maximum Gasteiger partial charge on any atom is 0.254 e. The van der Waals surface area contributed by atoms with Gasteiger partial charge in [-0.15, -0.1) is 0 Å². The lowest BCUT2D eigenvalue weighted by molar-refractivity contribution is 0.0947. The van der Waals surface area contributed by atoms with Crippen LogP contribution < -0.4 is 5.32 Å². The monoisotopic (exact) mass is 332 g/mol. The van der Waals surface area contributed by atoms with Gasteiger partial charge in [-0.2, -0.15) is 0 Å². The molecule has 0 aliphatic heterocycles. The quantitative estimate of drug-likeness (QED) is 0.681. The van der Waals surface area contributed by atoms with Crippen LogP contribution in [-0.2, 0) is 14.8 Å². The molecule has 124 valence electrons. The Kier molecular flexibility index (Phi) is 7.43. The van der Waals surface area contributed by atoms with E-state index in [9.17, 15) is 17.6 Å². The van der Waals surface area contributed by atoms with E-state index < -0.39 is 21.7 Å². The van der Waals surface area contributed by atoms with E-state index in [0.29, 0.717) is 19.6 Å². The molecule has 0 radical (unpaired) electrons. The van der Waals surface area contributed by atoms with E-state index in [1.165, 1.54) is 22.5 Å². The van der Waals surface area contributed by atoms with Gasteiger partial charge in [0.25, 0.3) is 5.91 Å². The first-order valence-corrected chi connectivity index (χ1v) is 8.68. The topological polar surface area (TPSA) is 75.7 Å². The molecule has 0 bridgehead atoms. The summed E-state index contributed by atoms with van der Waals surface area (Å²) in [6, 6.07) is 5.62. The number of hydrogen-bond donors (Lipinski definition) is 1. The van der Waals surface area contributed by atoms with Crippen molar-refractivity contribution in [2.45, 2.75) is 6.42 Å². The molecule has 0 spiro atoms. The van der Waals surface area contributed by atoms with Gasteiger partial charge >= 0.3 is 0 Å². The number of benzene rings is 1. The molecule has 1 amide bonds. The van der Waals surface area contributed by atoms with Gasteiger partial charge in [0.1, 0.15) is 5.82 Å². The van der Waals surface area contributed by atoms with Gasteiger partial charge in [-0.3, -0.25) is 4.79 Å². The molecule has 0 aliphatic rings. The summed E-state index contributed by atoms with van der Waals surface area (Å²) < 4.78 is 42.9. The summed E-state index contributed by atoms with van der Waals surface area (Å²) >= 11 is 0. The molecule has 8 heteroatoms. The number of nitrogens with zero attached hydrogens (tertiary/aromatic N) is 1. The number of rotatable bonds is 9. The van der Waals surface area contributed by atoms with Crippen molar-refractivity contribution < 1.29 is 22.3 Å². The SMILES string of the molecule is COCCCN(CCNC(=O)c1ccccc1F)S(C)(=O)=O. The number of sulfonamides is 1. The summed E-state index contributed by atoms with van der Waals surface area (Å²) in [7, 11) is -1.82. The molecule has 22 heavy (non-hydrogen) atoms. The first-order valence-electron chi connectivity index (χ1n) is 6.83. The van der Waals surface area contributed by atoms with Crippen molar-refractivity contribution in [3.05, 3.63) is 35.6 Å². The lowest BCUT2D eigenvalue weighted by Crippen LogP contribution is -2.39. The standard InChI is InChI=1S/C14H21FN2O4S/c1-21-11-5-9-17(22(2,19)20)10-8-16-14(18)12-6-3-4-7-13(12)15/h3-4,6-7H,5,8-11H2,1-2H3,(H,16,18). The highest BCUT2D eigenvalue weighted by Crippen LogP contribution is 2.06. The summed E-state index contributed by atoms with van der Waals surface area (Å²) in [5.41, 5.74) is -0.0622. The number of carbonyl (C=O) groups is 1. The number of amides is 1. The molecule has 0 aromatic heterocycles. The third kappa shape index (κ3) is 6.08. The average molecular weight is 332 g/mol. The zero-order chi connectivity index (χ0) is 16.6. The van der Waals surface area contributed by atoms with Crippen LogP contribution in [0.3, 0.4) is 0 Å². The molecule has 0 atom stereocenters. The van der Waals surface area contributed by atoms with Crippen LogP contribution in [0.15, 0.2) is 24.3 Å². The summed E-state index contributed by atoms with van der Waals surface area (Å²) in [5.74, 6) is -1.18. The maximum atomic E-state index is 13.4. The zero-order valence-corrected chi connectivity index (χ0v) is 13.5. The predicted octanol–water partition coefficient (Wildman–Crippen LogP) is 0.854. The minimum absolute atomic E-state index is 0.0622. The number of halogens is 1. The Balaban J connectivity index is 2.52. The second-order valence-corrected chi connectivity index (χ2v) is 6.73. The molecule has 0 heterocycles. The van der Waals surface area contributed by atoms with Gasteiger partial charge in [-0.25, -0.2) is 17.1 Å². The highest BCUT2D eigenvalue weighted by atomic mass is 32.2. The molecule has 1 aromatic rings. The van der Waals surface area contributed by atoms with Crippen molar-refractivity contribution in [2.75, 3.05) is 39.6 Å². The smallest absolute Gasteiger partial charge is 0.254 e. The number of carbonyl (C=O) groups excluding carboxylic acids is 1. The van der Waals surface area contributed by atoms with E-state index in [1.54, 1.807) is 13.2 Å². The molecule has 6 nitrogen and oxygen atoms in total. The van der Waals surface area contributed by atoms with Crippen molar-refractivity contribution in [1.29, 1.82) is 0 Å². The summed E-state index contributed by atoms with van der Waals surface area (Å²) in [4.78, 5) is 11.8. The maximum absolute atomic E-state index is 13.4. The predicted molar refractivity (Wildman–Crippen MR) is 81.6 cm³/mol.